The van der Waals surface area contributed by atoms with Gasteiger partial charge in [0.2, 0.25) is 0 Å². The van der Waals surface area contributed by atoms with Gasteiger partial charge >= 0.3 is 0 Å². The van der Waals surface area contributed by atoms with Crippen LogP contribution in [0.5, 0.6) is 0 Å². The fourth-order valence-electron chi connectivity index (χ4n) is 3.83. The molecule has 2 aromatic heterocycles. The van der Waals surface area contributed by atoms with Crippen LogP contribution in [0.4, 0.5) is 0 Å². The fraction of sp³-hybridized carbons (Fsp3) is 0.0833. The van der Waals surface area contributed by atoms with Crippen molar-refractivity contribution in [2.45, 2.75) is 13.8 Å². The molecule has 0 amide bonds. The lowest BCUT2D eigenvalue weighted by Gasteiger charge is -2.16. The quantitative estimate of drug-likeness (QED) is 0.396. The second-order valence-corrected chi connectivity index (χ2v) is 6.98. The van der Waals surface area contributed by atoms with Crippen LogP contribution < -0.4 is 0 Å². The third-order valence-electron chi connectivity index (χ3n) is 5.07. The summed E-state index contributed by atoms with van der Waals surface area (Å²) in [4.78, 5) is 8.89. The Bertz CT molecular complexity index is 1260. The Kier molecular flexibility index (Phi) is 3.83. The van der Waals surface area contributed by atoms with Crippen LogP contribution in [0.15, 0.2) is 83.9 Å². The second kappa shape index (κ2) is 6.50. The molecule has 0 fully saturated rings. The van der Waals surface area contributed by atoms with Gasteiger partial charge in [-0.15, -0.1) is 0 Å². The van der Waals surface area contributed by atoms with Gasteiger partial charge in [0, 0.05) is 18.0 Å². The zero-order valence-electron chi connectivity index (χ0n) is 15.8. The summed E-state index contributed by atoms with van der Waals surface area (Å²) < 4.78 is 7.51. The van der Waals surface area contributed by atoms with Gasteiger partial charge in [-0.25, -0.2) is 9.97 Å². The van der Waals surface area contributed by atoms with Crippen molar-refractivity contribution in [1.82, 2.24) is 14.5 Å². The van der Waals surface area contributed by atoms with E-state index in [4.69, 9.17) is 4.42 Å². The minimum Gasteiger partial charge on any atom is -0.443 e. The molecule has 0 aliphatic heterocycles. The van der Waals surface area contributed by atoms with E-state index in [2.05, 4.69) is 64.8 Å². The molecule has 0 aliphatic carbocycles. The van der Waals surface area contributed by atoms with Crippen LogP contribution >= 0.6 is 0 Å². The summed E-state index contributed by atoms with van der Waals surface area (Å²) in [6, 6.07) is 20.9. The highest BCUT2D eigenvalue weighted by atomic mass is 16.3. The number of nitrogens with zero attached hydrogens (tertiary/aromatic N) is 3. The molecule has 0 saturated carbocycles. The Morgan fingerprint density at radius 1 is 0.786 bits per heavy atom. The van der Waals surface area contributed by atoms with Gasteiger partial charge in [-0.3, -0.25) is 4.57 Å². The number of hydrogen-bond acceptors (Lipinski definition) is 3. The van der Waals surface area contributed by atoms with Gasteiger partial charge in [0.25, 0.3) is 0 Å². The average molecular weight is 365 g/mol. The van der Waals surface area contributed by atoms with Crippen LogP contribution in [0.25, 0.3) is 39.3 Å². The molecule has 4 nitrogen and oxygen atoms in total. The number of fused-ring (bicyclic) bond motifs is 1. The van der Waals surface area contributed by atoms with Crippen molar-refractivity contribution < 1.29 is 4.42 Å². The van der Waals surface area contributed by atoms with Crippen molar-refractivity contribution in [3.05, 3.63) is 90.6 Å². The highest BCUT2D eigenvalue weighted by molar-refractivity contribution is 5.79. The number of aryl methyl sites for hydroxylation is 2. The van der Waals surface area contributed by atoms with E-state index in [1.54, 1.807) is 0 Å². The highest BCUT2D eigenvalue weighted by Gasteiger charge is 2.14. The fourth-order valence-corrected chi connectivity index (χ4v) is 3.83. The van der Waals surface area contributed by atoms with Crippen LogP contribution in [0.3, 0.4) is 0 Å². The van der Waals surface area contributed by atoms with Crippen molar-refractivity contribution in [3.63, 3.8) is 0 Å². The Labute approximate surface area is 163 Å². The normalized spacial score (nSPS) is 11.2. The molecule has 0 unspecified atom stereocenters. The summed E-state index contributed by atoms with van der Waals surface area (Å²) in [6.45, 7) is 4.30. The monoisotopic (exact) mass is 365 g/mol. The molecule has 0 saturated heterocycles. The summed E-state index contributed by atoms with van der Waals surface area (Å²) in [5, 5.41) is 0. The molecule has 0 aliphatic rings. The smallest absolute Gasteiger partial charge is 0.181 e. The van der Waals surface area contributed by atoms with E-state index in [0.29, 0.717) is 0 Å². The lowest BCUT2D eigenvalue weighted by molar-refractivity contribution is 0.602. The number of aromatic nitrogens is 3. The zero-order valence-corrected chi connectivity index (χ0v) is 15.8. The summed E-state index contributed by atoms with van der Waals surface area (Å²) in [6.07, 6.45) is 5.32. The van der Waals surface area contributed by atoms with Crippen LogP contribution in [-0.4, -0.2) is 14.5 Å². The van der Waals surface area contributed by atoms with Gasteiger partial charge in [-0.2, -0.15) is 0 Å². The van der Waals surface area contributed by atoms with E-state index < -0.39 is 0 Å². The largest absolute Gasteiger partial charge is 0.443 e. The first-order valence-corrected chi connectivity index (χ1v) is 9.25. The van der Waals surface area contributed by atoms with E-state index in [0.717, 1.165) is 28.2 Å². The SMILES string of the molecule is Cc1cc(-c2ccccc2)cc(C)c1-n1ccnc1-c1ccc2ocnc2c1. The van der Waals surface area contributed by atoms with Crippen LogP contribution in [0.2, 0.25) is 0 Å². The van der Waals surface area contributed by atoms with Gasteiger partial charge in [-0.1, -0.05) is 30.3 Å². The summed E-state index contributed by atoms with van der Waals surface area (Å²) >= 11 is 0. The van der Waals surface area contributed by atoms with Crippen LogP contribution in [0.1, 0.15) is 11.1 Å². The number of imidazole rings is 1. The summed E-state index contributed by atoms with van der Waals surface area (Å²) in [7, 11) is 0. The second-order valence-electron chi connectivity index (χ2n) is 6.98. The third kappa shape index (κ3) is 2.70. The molecule has 0 atom stereocenters. The maximum atomic E-state index is 5.36. The van der Waals surface area contributed by atoms with Crippen molar-refractivity contribution in [3.8, 4) is 28.2 Å². The number of oxazole rings is 1. The van der Waals surface area contributed by atoms with Gasteiger partial charge < -0.3 is 4.42 Å². The Morgan fingerprint density at radius 3 is 2.36 bits per heavy atom. The van der Waals surface area contributed by atoms with Gasteiger partial charge in [0.1, 0.15) is 11.3 Å². The lowest BCUT2D eigenvalue weighted by atomic mass is 9.98. The molecule has 0 spiro atoms. The Morgan fingerprint density at radius 2 is 1.57 bits per heavy atom. The molecule has 2 heterocycles. The van der Waals surface area contributed by atoms with Crippen molar-refractivity contribution >= 4 is 11.1 Å². The van der Waals surface area contributed by atoms with Crippen LogP contribution in [0, 0.1) is 13.8 Å². The maximum absolute atomic E-state index is 5.36. The lowest BCUT2D eigenvalue weighted by Crippen LogP contribution is -2.02. The Balaban J connectivity index is 1.64. The van der Waals surface area contributed by atoms with Gasteiger partial charge in [0.05, 0.1) is 5.69 Å². The van der Waals surface area contributed by atoms with Gasteiger partial charge in [-0.05, 0) is 66.4 Å². The molecule has 28 heavy (non-hydrogen) atoms. The highest BCUT2D eigenvalue weighted by Crippen LogP contribution is 2.31. The molecule has 4 heteroatoms. The third-order valence-corrected chi connectivity index (χ3v) is 5.07. The molecule has 0 N–H and O–H groups in total. The first-order chi connectivity index (χ1) is 13.7. The standard InChI is InChI=1S/C24H19N3O/c1-16-12-20(18-6-4-3-5-7-18)13-17(2)23(16)27-11-10-25-24(27)19-8-9-22-21(14-19)26-15-28-22/h3-15H,1-2H3. The topological polar surface area (TPSA) is 43.9 Å². The maximum Gasteiger partial charge on any atom is 0.181 e. The minimum atomic E-state index is 0.779. The molecule has 0 bridgehead atoms. The van der Waals surface area contributed by atoms with E-state index >= 15 is 0 Å². The van der Waals surface area contributed by atoms with Crippen molar-refractivity contribution in [1.29, 1.82) is 0 Å². The minimum absolute atomic E-state index is 0.779. The van der Waals surface area contributed by atoms with E-state index in [1.807, 2.05) is 36.7 Å². The zero-order chi connectivity index (χ0) is 19.1. The summed E-state index contributed by atoms with van der Waals surface area (Å²) in [5.41, 5.74) is 8.65. The van der Waals surface area contributed by atoms with E-state index in [-0.39, 0.29) is 0 Å². The van der Waals surface area contributed by atoms with E-state index in [1.165, 1.54) is 28.6 Å². The molecule has 3 aromatic carbocycles. The molecular weight excluding hydrogens is 346 g/mol. The molecule has 5 rings (SSSR count). The first-order valence-electron chi connectivity index (χ1n) is 9.25. The molecule has 0 radical (unpaired) electrons. The van der Waals surface area contributed by atoms with Crippen molar-refractivity contribution in [2.75, 3.05) is 0 Å². The number of benzene rings is 3. The number of hydrogen-bond donors (Lipinski definition) is 0. The first kappa shape index (κ1) is 16.5. The van der Waals surface area contributed by atoms with Crippen molar-refractivity contribution in [2.24, 2.45) is 0 Å². The van der Waals surface area contributed by atoms with Gasteiger partial charge in [0.15, 0.2) is 12.0 Å². The van der Waals surface area contributed by atoms with E-state index in [9.17, 15) is 0 Å². The molecular formula is C24H19N3O. The Hall–Kier alpha value is -3.66. The molecule has 136 valence electrons. The van der Waals surface area contributed by atoms with Crippen LogP contribution in [-0.2, 0) is 0 Å². The number of rotatable bonds is 3. The predicted octanol–water partition coefficient (Wildman–Crippen LogP) is 5.96. The predicted molar refractivity (Wildman–Crippen MR) is 111 cm³/mol. The average Bonchev–Trinajstić information content (AvgIpc) is 3.37. The summed E-state index contributed by atoms with van der Waals surface area (Å²) in [5.74, 6) is 0.892. The molecule has 5 aromatic rings.